The molecule has 1 aliphatic heterocycles. The first-order valence-corrected chi connectivity index (χ1v) is 8.69. The molecule has 116 valence electrons. The first kappa shape index (κ1) is 15.8. The van der Waals surface area contributed by atoms with E-state index >= 15 is 0 Å². The standard InChI is InChI=1S/C16H15Cl2NO2S/c17-11-5-1-4-10(14(11)18)15(13-7-3-9-22-13)19-8-2-6-12(19)16(20)21/h1,3-5,7,9,12,15H,2,6,8H2,(H,20,21). The molecule has 3 rings (SSSR count). The minimum absolute atomic E-state index is 0.171. The summed E-state index contributed by atoms with van der Waals surface area (Å²) in [6.45, 7) is 0.738. The Bertz CT molecular complexity index is 675. The van der Waals surface area contributed by atoms with E-state index in [2.05, 4.69) is 0 Å². The second-order valence-electron chi connectivity index (χ2n) is 5.30. The first-order valence-electron chi connectivity index (χ1n) is 7.05. The smallest absolute Gasteiger partial charge is 0.320 e. The van der Waals surface area contributed by atoms with Crippen molar-refractivity contribution in [1.29, 1.82) is 0 Å². The summed E-state index contributed by atoms with van der Waals surface area (Å²) in [5.41, 5.74) is 0.866. The van der Waals surface area contributed by atoms with Gasteiger partial charge in [-0.05, 0) is 35.9 Å². The van der Waals surface area contributed by atoms with E-state index in [0.29, 0.717) is 16.5 Å². The van der Waals surface area contributed by atoms with Crippen LogP contribution in [0.1, 0.15) is 29.3 Å². The molecule has 1 saturated heterocycles. The molecule has 22 heavy (non-hydrogen) atoms. The fourth-order valence-corrected chi connectivity index (χ4v) is 4.31. The molecule has 2 atom stereocenters. The van der Waals surface area contributed by atoms with Crippen LogP contribution in [0.25, 0.3) is 0 Å². The van der Waals surface area contributed by atoms with Crippen LogP contribution < -0.4 is 0 Å². The molecule has 0 bridgehead atoms. The molecule has 1 aromatic heterocycles. The molecule has 1 aromatic carbocycles. The molecule has 2 unspecified atom stereocenters. The van der Waals surface area contributed by atoms with Gasteiger partial charge in [-0.15, -0.1) is 11.3 Å². The van der Waals surface area contributed by atoms with Gasteiger partial charge in [0.05, 0.1) is 16.1 Å². The van der Waals surface area contributed by atoms with Crippen LogP contribution in [0.3, 0.4) is 0 Å². The van der Waals surface area contributed by atoms with Crippen LogP contribution in [-0.4, -0.2) is 28.6 Å². The zero-order chi connectivity index (χ0) is 15.7. The van der Waals surface area contributed by atoms with Crippen molar-refractivity contribution in [3.05, 3.63) is 56.2 Å². The van der Waals surface area contributed by atoms with E-state index in [9.17, 15) is 9.90 Å². The monoisotopic (exact) mass is 355 g/mol. The fraction of sp³-hybridized carbons (Fsp3) is 0.312. The second kappa shape index (κ2) is 6.59. The summed E-state index contributed by atoms with van der Waals surface area (Å²) in [6, 6.07) is 8.86. The van der Waals surface area contributed by atoms with Gasteiger partial charge < -0.3 is 5.11 Å². The van der Waals surface area contributed by atoms with Gasteiger partial charge in [-0.2, -0.15) is 0 Å². The van der Waals surface area contributed by atoms with Crippen LogP contribution in [0, 0.1) is 0 Å². The third-order valence-electron chi connectivity index (χ3n) is 4.00. The second-order valence-corrected chi connectivity index (χ2v) is 7.06. The fourth-order valence-electron chi connectivity index (χ4n) is 3.04. The van der Waals surface area contributed by atoms with Crippen molar-refractivity contribution in [3.63, 3.8) is 0 Å². The highest BCUT2D eigenvalue weighted by Crippen LogP contribution is 2.41. The lowest BCUT2D eigenvalue weighted by Gasteiger charge is -2.31. The SMILES string of the molecule is O=C(O)C1CCCN1C(c1cccs1)c1cccc(Cl)c1Cl. The molecular weight excluding hydrogens is 341 g/mol. The van der Waals surface area contributed by atoms with E-state index in [1.54, 1.807) is 17.4 Å². The summed E-state index contributed by atoms with van der Waals surface area (Å²) in [4.78, 5) is 14.7. The maximum atomic E-state index is 11.6. The Morgan fingerprint density at radius 2 is 2.14 bits per heavy atom. The van der Waals surface area contributed by atoms with Crippen molar-refractivity contribution < 1.29 is 9.90 Å². The minimum Gasteiger partial charge on any atom is -0.480 e. The van der Waals surface area contributed by atoms with E-state index in [1.165, 1.54) is 0 Å². The molecule has 2 aromatic rings. The van der Waals surface area contributed by atoms with Crippen LogP contribution in [-0.2, 0) is 4.79 Å². The molecule has 1 fully saturated rings. The number of rotatable bonds is 4. The highest BCUT2D eigenvalue weighted by Gasteiger charge is 2.38. The van der Waals surface area contributed by atoms with Crippen molar-refractivity contribution in [3.8, 4) is 0 Å². The topological polar surface area (TPSA) is 40.5 Å². The summed E-state index contributed by atoms with van der Waals surface area (Å²) in [7, 11) is 0. The maximum absolute atomic E-state index is 11.6. The number of likely N-dealkylation sites (tertiary alicyclic amines) is 1. The van der Waals surface area contributed by atoms with Crippen molar-refractivity contribution >= 4 is 40.5 Å². The molecule has 0 spiro atoms. The van der Waals surface area contributed by atoms with Crippen molar-refractivity contribution in [1.82, 2.24) is 4.90 Å². The van der Waals surface area contributed by atoms with Crippen LogP contribution >= 0.6 is 34.5 Å². The number of benzene rings is 1. The van der Waals surface area contributed by atoms with E-state index in [1.807, 2.05) is 34.5 Å². The molecule has 0 aliphatic carbocycles. The molecule has 6 heteroatoms. The zero-order valence-electron chi connectivity index (χ0n) is 11.7. The van der Waals surface area contributed by atoms with Gasteiger partial charge in [-0.3, -0.25) is 9.69 Å². The van der Waals surface area contributed by atoms with E-state index in [4.69, 9.17) is 23.2 Å². The lowest BCUT2D eigenvalue weighted by atomic mass is 10.0. The summed E-state index contributed by atoms with van der Waals surface area (Å²) >= 11 is 14.2. The van der Waals surface area contributed by atoms with Crippen LogP contribution in [0.5, 0.6) is 0 Å². The Morgan fingerprint density at radius 3 is 2.82 bits per heavy atom. The van der Waals surface area contributed by atoms with Gasteiger partial charge in [0.2, 0.25) is 0 Å². The molecule has 0 saturated carbocycles. The quantitative estimate of drug-likeness (QED) is 0.864. The number of aliphatic carboxylic acids is 1. The van der Waals surface area contributed by atoms with Gasteiger partial charge in [0.15, 0.2) is 0 Å². The van der Waals surface area contributed by atoms with Gasteiger partial charge in [0.25, 0.3) is 0 Å². The highest BCUT2D eigenvalue weighted by molar-refractivity contribution is 7.10. The Labute approximate surface area is 143 Å². The molecular formula is C16H15Cl2NO2S. The average Bonchev–Trinajstić information content (AvgIpc) is 3.15. The maximum Gasteiger partial charge on any atom is 0.320 e. The Hall–Kier alpha value is -1.07. The summed E-state index contributed by atoms with van der Waals surface area (Å²) in [5, 5.41) is 12.5. The lowest BCUT2D eigenvalue weighted by molar-refractivity contribution is -0.142. The predicted molar refractivity (Wildman–Crippen MR) is 90.0 cm³/mol. The van der Waals surface area contributed by atoms with E-state index < -0.39 is 12.0 Å². The Morgan fingerprint density at radius 1 is 1.32 bits per heavy atom. The summed E-state index contributed by atoms with van der Waals surface area (Å²) in [6.07, 6.45) is 1.53. The van der Waals surface area contributed by atoms with Crippen molar-refractivity contribution in [2.75, 3.05) is 6.54 Å². The van der Waals surface area contributed by atoms with Gasteiger partial charge in [0, 0.05) is 11.4 Å². The van der Waals surface area contributed by atoms with E-state index in [-0.39, 0.29) is 6.04 Å². The highest BCUT2D eigenvalue weighted by atomic mass is 35.5. The molecule has 1 N–H and O–H groups in total. The number of carbonyl (C=O) groups is 1. The third-order valence-corrected chi connectivity index (χ3v) is 5.76. The van der Waals surface area contributed by atoms with Crippen molar-refractivity contribution in [2.24, 2.45) is 0 Å². The lowest BCUT2D eigenvalue weighted by Crippen LogP contribution is -2.39. The van der Waals surface area contributed by atoms with Crippen LogP contribution in [0.15, 0.2) is 35.7 Å². The Kier molecular flexibility index (Phi) is 4.73. The van der Waals surface area contributed by atoms with Crippen LogP contribution in [0.4, 0.5) is 0 Å². The number of halogens is 2. The molecule has 1 aliphatic rings. The number of carboxylic acid groups (broad SMARTS) is 1. The van der Waals surface area contributed by atoms with Gasteiger partial charge in [0.1, 0.15) is 6.04 Å². The normalized spacial score (nSPS) is 20.2. The summed E-state index contributed by atoms with van der Waals surface area (Å²) in [5.74, 6) is -0.780. The minimum atomic E-state index is -0.780. The van der Waals surface area contributed by atoms with Crippen molar-refractivity contribution in [2.45, 2.75) is 24.9 Å². The number of hydrogen-bond acceptors (Lipinski definition) is 3. The van der Waals surface area contributed by atoms with Crippen LogP contribution in [0.2, 0.25) is 10.0 Å². The largest absolute Gasteiger partial charge is 0.480 e. The molecule has 0 radical (unpaired) electrons. The average molecular weight is 356 g/mol. The third kappa shape index (κ3) is 2.88. The molecule has 2 heterocycles. The Balaban J connectivity index is 2.09. The number of nitrogens with zero attached hydrogens (tertiary/aromatic N) is 1. The number of thiophene rings is 1. The summed E-state index contributed by atoms with van der Waals surface area (Å²) < 4.78 is 0. The molecule has 3 nitrogen and oxygen atoms in total. The number of carboxylic acids is 1. The zero-order valence-corrected chi connectivity index (χ0v) is 14.0. The van der Waals surface area contributed by atoms with E-state index in [0.717, 1.165) is 23.4 Å². The van der Waals surface area contributed by atoms with Gasteiger partial charge >= 0.3 is 5.97 Å². The molecule has 0 amide bonds. The number of hydrogen-bond donors (Lipinski definition) is 1. The first-order chi connectivity index (χ1) is 10.6. The predicted octanol–water partition coefficient (Wildman–Crippen LogP) is 4.69. The van der Waals surface area contributed by atoms with Gasteiger partial charge in [-0.1, -0.05) is 41.4 Å². The van der Waals surface area contributed by atoms with Gasteiger partial charge in [-0.25, -0.2) is 0 Å².